The van der Waals surface area contributed by atoms with Crippen molar-refractivity contribution in [3.63, 3.8) is 0 Å². The Morgan fingerprint density at radius 1 is 1.32 bits per heavy atom. The molecule has 2 rings (SSSR count). The zero-order chi connectivity index (χ0) is 13.8. The molecular weight excluding hydrogens is 328 g/mol. The fraction of sp³-hybridized carbons (Fsp3) is 0.286. The van der Waals surface area contributed by atoms with Crippen molar-refractivity contribution in [1.82, 2.24) is 0 Å². The fourth-order valence-corrected chi connectivity index (χ4v) is 3.00. The lowest BCUT2D eigenvalue weighted by atomic mass is 10.1. The standard InChI is InChI=1S/C14H15BrO3S/c1-9(16)10-3-4-13(14(5-10)17-2)18-7-12-6-11(15)8-19-12/h3-6,8-9,16H,7H2,1-2H3. The molecule has 1 unspecified atom stereocenters. The van der Waals surface area contributed by atoms with Crippen LogP contribution in [0.5, 0.6) is 11.5 Å². The number of aliphatic hydroxyl groups is 1. The van der Waals surface area contributed by atoms with Gasteiger partial charge in [0.15, 0.2) is 11.5 Å². The molecule has 0 amide bonds. The largest absolute Gasteiger partial charge is 0.493 e. The van der Waals surface area contributed by atoms with Crippen molar-refractivity contribution in [2.75, 3.05) is 7.11 Å². The zero-order valence-electron chi connectivity index (χ0n) is 10.7. The molecule has 5 heteroatoms. The molecule has 1 heterocycles. The molecule has 0 spiro atoms. The van der Waals surface area contributed by atoms with Gasteiger partial charge < -0.3 is 14.6 Å². The van der Waals surface area contributed by atoms with Crippen LogP contribution in [0.1, 0.15) is 23.5 Å². The first-order chi connectivity index (χ1) is 9.10. The van der Waals surface area contributed by atoms with Gasteiger partial charge in [-0.15, -0.1) is 11.3 Å². The minimum Gasteiger partial charge on any atom is -0.493 e. The third kappa shape index (κ3) is 3.72. The normalized spacial score (nSPS) is 12.2. The maximum atomic E-state index is 9.55. The van der Waals surface area contributed by atoms with Gasteiger partial charge in [-0.3, -0.25) is 0 Å². The molecule has 1 aromatic heterocycles. The van der Waals surface area contributed by atoms with E-state index in [2.05, 4.69) is 15.9 Å². The molecule has 0 aliphatic rings. The Labute approximate surface area is 124 Å². The molecule has 0 saturated carbocycles. The number of methoxy groups -OCH3 is 1. The third-order valence-corrected chi connectivity index (χ3v) is 4.33. The summed E-state index contributed by atoms with van der Waals surface area (Å²) in [5.74, 6) is 1.31. The van der Waals surface area contributed by atoms with Crippen LogP contribution in [0.2, 0.25) is 0 Å². The lowest BCUT2D eigenvalue weighted by Crippen LogP contribution is -1.98. The summed E-state index contributed by atoms with van der Waals surface area (Å²) >= 11 is 5.05. The van der Waals surface area contributed by atoms with E-state index < -0.39 is 6.10 Å². The number of halogens is 1. The summed E-state index contributed by atoms with van der Waals surface area (Å²) in [6.45, 7) is 2.22. The quantitative estimate of drug-likeness (QED) is 0.886. The van der Waals surface area contributed by atoms with Gasteiger partial charge in [-0.2, -0.15) is 0 Å². The van der Waals surface area contributed by atoms with Gasteiger partial charge in [-0.1, -0.05) is 6.07 Å². The summed E-state index contributed by atoms with van der Waals surface area (Å²) < 4.78 is 12.1. The zero-order valence-corrected chi connectivity index (χ0v) is 13.1. The van der Waals surface area contributed by atoms with E-state index in [0.29, 0.717) is 18.1 Å². The highest BCUT2D eigenvalue weighted by atomic mass is 79.9. The molecule has 0 fully saturated rings. The predicted molar refractivity (Wildman–Crippen MR) is 80.0 cm³/mol. The number of hydrogen-bond acceptors (Lipinski definition) is 4. The Morgan fingerprint density at radius 3 is 2.68 bits per heavy atom. The van der Waals surface area contributed by atoms with E-state index in [1.54, 1.807) is 31.4 Å². The van der Waals surface area contributed by atoms with Gasteiger partial charge in [0.2, 0.25) is 0 Å². The van der Waals surface area contributed by atoms with Gasteiger partial charge in [0.1, 0.15) is 6.61 Å². The topological polar surface area (TPSA) is 38.7 Å². The predicted octanol–water partition coefficient (Wildman–Crippen LogP) is 4.15. The molecule has 19 heavy (non-hydrogen) atoms. The van der Waals surface area contributed by atoms with Crippen molar-refractivity contribution in [3.05, 3.63) is 44.6 Å². The highest BCUT2D eigenvalue weighted by Crippen LogP contribution is 2.31. The molecule has 2 aromatic rings. The number of rotatable bonds is 5. The van der Waals surface area contributed by atoms with E-state index in [1.807, 2.05) is 23.6 Å². The summed E-state index contributed by atoms with van der Waals surface area (Å²) in [6.07, 6.45) is -0.517. The van der Waals surface area contributed by atoms with Crippen LogP contribution in [-0.2, 0) is 6.61 Å². The SMILES string of the molecule is COc1cc(C(C)O)ccc1OCc1cc(Br)cs1. The van der Waals surface area contributed by atoms with Crippen molar-refractivity contribution < 1.29 is 14.6 Å². The average molecular weight is 343 g/mol. The van der Waals surface area contributed by atoms with E-state index in [0.717, 1.165) is 14.9 Å². The number of aliphatic hydroxyl groups excluding tert-OH is 1. The summed E-state index contributed by atoms with van der Waals surface area (Å²) in [5.41, 5.74) is 0.808. The Bertz CT molecular complexity index is 551. The second-order valence-corrected chi connectivity index (χ2v) is 6.02. The van der Waals surface area contributed by atoms with Crippen LogP contribution in [0.3, 0.4) is 0 Å². The fourth-order valence-electron chi connectivity index (χ4n) is 1.64. The Morgan fingerprint density at radius 2 is 2.11 bits per heavy atom. The van der Waals surface area contributed by atoms with Crippen molar-refractivity contribution >= 4 is 27.3 Å². The summed E-state index contributed by atoms with van der Waals surface area (Å²) in [6, 6.07) is 7.49. The van der Waals surface area contributed by atoms with Crippen LogP contribution >= 0.6 is 27.3 Å². The second kappa shape index (κ2) is 6.41. The van der Waals surface area contributed by atoms with Crippen molar-refractivity contribution in [2.24, 2.45) is 0 Å². The molecular formula is C14H15BrO3S. The highest BCUT2D eigenvalue weighted by Gasteiger charge is 2.09. The van der Waals surface area contributed by atoms with Crippen LogP contribution < -0.4 is 9.47 Å². The maximum Gasteiger partial charge on any atom is 0.161 e. The Hall–Kier alpha value is -1.04. The average Bonchev–Trinajstić information content (AvgIpc) is 2.81. The molecule has 102 valence electrons. The first kappa shape index (κ1) is 14.4. The molecule has 0 radical (unpaired) electrons. The van der Waals surface area contributed by atoms with Crippen LogP contribution in [0.4, 0.5) is 0 Å². The smallest absolute Gasteiger partial charge is 0.161 e. The van der Waals surface area contributed by atoms with E-state index in [-0.39, 0.29) is 0 Å². The van der Waals surface area contributed by atoms with E-state index in [1.165, 1.54) is 0 Å². The van der Waals surface area contributed by atoms with E-state index in [9.17, 15) is 5.11 Å². The van der Waals surface area contributed by atoms with Gasteiger partial charge in [-0.05, 0) is 46.6 Å². The monoisotopic (exact) mass is 342 g/mol. The minimum atomic E-state index is -0.517. The maximum absolute atomic E-state index is 9.55. The van der Waals surface area contributed by atoms with Gasteiger partial charge in [0.05, 0.1) is 13.2 Å². The Balaban J connectivity index is 2.11. The number of thiophene rings is 1. The van der Waals surface area contributed by atoms with Gasteiger partial charge >= 0.3 is 0 Å². The van der Waals surface area contributed by atoms with Crippen LogP contribution in [0.25, 0.3) is 0 Å². The highest BCUT2D eigenvalue weighted by molar-refractivity contribution is 9.10. The lowest BCUT2D eigenvalue weighted by molar-refractivity contribution is 0.198. The number of benzene rings is 1. The second-order valence-electron chi connectivity index (χ2n) is 4.11. The van der Waals surface area contributed by atoms with Crippen LogP contribution in [-0.4, -0.2) is 12.2 Å². The number of ether oxygens (including phenoxy) is 2. The van der Waals surface area contributed by atoms with Crippen molar-refractivity contribution in [1.29, 1.82) is 0 Å². The van der Waals surface area contributed by atoms with E-state index in [4.69, 9.17) is 9.47 Å². The molecule has 0 bridgehead atoms. The third-order valence-electron chi connectivity index (χ3n) is 2.66. The lowest BCUT2D eigenvalue weighted by Gasteiger charge is -2.12. The van der Waals surface area contributed by atoms with Gasteiger partial charge in [0.25, 0.3) is 0 Å². The number of hydrogen-bond donors (Lipinski definition) is 1. The van der Waals surface area contributed by atoms with Crippen LogP contribution in [0, 0.1) is 0 Å². The molecule has 1 N–H and O–H groups in total. The van der Waals surface area contributed by atoms with Crippen molar-refractivity contribution in [3.8, 4) is 11.5 Å². The Kier molecular flexibility index (Phi) is 4.85. The molecule has 0 aliphatic carbocycles. The molecule has 0 aliphatic heterocycles. The van der Waals surface area contributed by atoms with Crippen molar-refractivity contribution in [2.45, 2.75) is 19.6 Å². The summed E-state index contributed by atoms with van der Waals surface area (Å²) in [5, 5.41) is 11.6. The van der Waals surface area contributed by atoms with Gasteiger partial charge in [0, 0.05) is 14.7 Å². The minimum absolute atomic E-state index is 0.501. The first-order valence-corrected chi connectivity index (χ1v) is 7.49. The van der Waals surface area contributed by atoms with Crippen LogP contribution in [0.15, 0.2) is 34.1 Å². The summed E-state index contributed by atoms with van der Waals surface area (Å²) in [7, 11) is 1.59. The van der Waals surface area contributed by atoms with Gasteiger partial charge in [-0.25, -0.2) is 0 Å². The molecule has 1 atom stereocenters. The molecule has 3 nitrogen and oxygen atoms in total. The first-order valence-electron chi connectivity index (χ1n) is 5.82. The summed E-state index contributed by atoms with van der Waals surface area (Å²) in [4.78, 5) is 1.13. The molecule has 0 saturated heterocycles. The molecule has 1 aromatic carbocycles. The van der Waals surface area contributed by atoms with E-state index >= 15 is 0 Å².